The summed E-state index contributed by atoms with van der Waals surface area (Å²) in [6.07, 6.45) is 0.174. The highest BCUT2D eigenvalue weighted by atomic mass is 79.9. The summed E-state index contributed by atoms with van der Waals surface area (Å²) >= 11 is 3.30. The van der Waals surface area contributed by atoms with Crippen LogP contribution in [0.1, 0.15) is 24.2 Å². The van der Waals surface area contributed by atoms with Crippen molar-refractivity contribution in [3.8, 4) is 0 Å². The molecular weight excluding hydrogens is 284 g/mol. The van der Waals surface area contributed by atoms with Gasteiger partial charge in [-0.25, -0.2) is 0 Å². The third-order valence-electron chi connectivity index (χ3n) is 2.02. The zero-order valence-electron chi connectivity index (χ0n) is 10.00. The van der Waals surface area contributed by atoms with Crippen molar-refractivity contribution in [3.05, 3.63) is 28.2 Å². The minimum absolute atomic E-state index is 0.148. The van der Waals surface area contributed by atoms with Crippen LogP contribution in [0.3, 0.4) is 0 Å². The van der Waals surface area contributed by atoms with Crippen LogP contribution in [0.2, 0.25) is 0 Å². The van der Waals surface area contributed by atoms with Crippen molar-refractivity contribution in [2.24, 2.45) is 0 Å². The fourth-order valence-electron chi connectivity index (χ4n) is 1.30. The third-order valence-corrected chi connectivity index (χ3v) is 2.48. The molecule has 0 aliphatic carbocycles. The number of nitrogens with one attached hydrogen (secondary N) is 1. The predicted molar refractivity (Wildman–Crippen MR) is 72.0 cm³/mol. The van der Waals surface area contributed by atoms with E-state index < -0.39 is 0 Å². The number of anilines is 1. The molecule has 1 amide bonds. The summed E-state index contributed by atoms with van der Waals surface area (Å²) in [5.41, 5.74) is 6.76. The number of carbonyl (C=O) groups is 1. The third kappa shape index (κ3) is 5.19. The molecule has 3 N–H and O–H groups in total. The van der Waals surface area contributed by atoms with E-state index >= 15 is 0 Å². The van der Waals surface area contributed by atoms with Gasteiger partial charge in [-0.3, -0.25) is 4.79 Å². The van der Waals surface area contributed by atoms with Crippen molar-refractivity contribution >= 4 is 27.5 Å². The molecule has 0 bridgehead atoms. The summed E-state index contributed by atoms with van der Waals surface area (Å²) in [7, 11) is 0. The Morgan fingerprint density at radius 1 is 1.47 bits per heavy atom. The Bertz CT molecular complexity index is 374. The first-order valence-corrected chi connectivity index (χ1v) is 6.24. The lowest BCUT2D eigenvalue weighted by atomic mass is 10.2. The number of carbonyl (C=O) groups excluding carboxylic acids is 1. The first-order chi connectivity index (χ1) is 7.99. The van der Waals surface area contributed by atoms with Gasteiger partial charge in [-0.05, 0) is 32.0 Å². The molecule has 4 nitrogen and oxygen atoms in total. The molecule has 1 aromatic rings. The standard InChI is InChI=1S/C12H17BrN2O2/c1-8(2)17-4-3-15-12(16)9-5-10(13)7-11(14)6-9/h5-8H,3-4,14H2,1-2H3,(H,15,16). The lowest BCUT2D eigenvalue weighted by Gasteiger charge is -2.09. The summed E-state index contributed by atoms with van der Waals surface area (Å²) < 4.78 is 6.12. The van der Waals surface area contributed by atoms with Gasteiger partial charge in [-0.2, -0.15) is 0 Å². The molecule has 0 saturated carbocycles. The molecule has 5 heteroatoms. The summed E-state index contributed by atoms with van der Waals surface area (Å²) in [4.78, 5) is 11.8. The molecular formula is C12H17BrN2O2. The monoisotopic (exact) mass is 300 g/mol. The molecule has 0 aliphatic heterocycles. The number of amides is 1. The summed E-state index contributed by atoms with van der Waals surface area (Å²) in [5.74, 6) is -0.148. The van der Waals surface area contributed by atoms with E-state index in [2.05, 4.69) is 21.2 Å². The number of halogens is 1. The molecule has 94 valence electrons. The zero-order chi connectivity index (χ0) is 12.8. The van der Waals surface area contributed by atoms with Gasteiger partial charge in [-0.1, -0.05) is 15.9 Å². The average molecular weight is 301 g/mol. The quantitative estimate of drug-likeness (QED) is 0.647. The van der Waals surface area contributed by atoms with Crippen molar-refractivity contribution in [1.82, 2.24) is 5.32 Å². The molecule has 17 heavy (non-hydrogen) atoms. The van der Waals surface area contributed by atoms with Gasteiger partial charge in [0, 0.05) is 22.3 Å². The van der Waals surface area contributed by atoms with Crippen molar-refractivity contribution in [3.63, 3.8) is 0 Å². The van der Waals surface area contributed by atoms with Gasteiger partial charge in [0.2, 0.25) is 0 Å². The Hall–Kier alpha value is -1.07. The second-order valence-electron chi connectivity index (χ2n) is 3.95. The number of rotatable bonds is 5. The van der Waals surface area contributed by atoms with Crippen LogP contribution in [0.15, 0.2) is 22.7 Å². The van der Waals surface area contributed by atoms with Crippen molar-refractivity contribution in [2.75, 3.05) is 18.9 Å². The minimum Gasteiger partial charge on any atom is -0.399 e. The Morgan fingerprint density at radius 2 is 2.18 bits per heavy atom. The van der Waals surface area contributed by atoms with Gasteiger partial charge in [0.05, 0.1) is 12.7 Å². The minimum atomic E-state index is -0.148. The Labute approximate surface area is 110 Å². The van der Waals surface area contributed by atoms with Crippen LogP contribution in [0.25, 0.3) is 0 Å². The molecule has 0 saturated heterocycles. The van der Waals surface area contributed by atoms with E-state index in [0.717, 1.165) is 4.47 Å². The average Bonchev–Trinajstić information content (AvgIpc) is 2.22. The first-order valence-electron chi connectivity index (χ1n) is 5.45. The fourth-order valence-corrected chi connectivity index (χ4v) is 1.82. The predicted octanol–water partition coefficient (Wildman–Crippen LogP) is 2.19. The molecule has 0 aliphatic rings. The van der Waals surface area contributed by atoms with E-state index in [0.29, 0.717) is 24.4 Å². The van der Waals surface area contributed by atoms with Gasteiger partial charge in [0.25, 0.3) is 5.91 Å². The summed E-state index contributed by atoms with van der Waals surface area (Å²) in [6.45, 7) is 4.91. The molecule has 0 atom stereocenters. The maximum atomic E-state index is 11.8. The summed E-state index contributed by atoms with van der Waals surface area (Å²) in [5, 5.41) is 2.77. The molecule has 1 aromatic carbocycles. The molecule has 0 heterocycles. The van der Waals surface area contributed by atoms with Gasteiger partial charge in [-0.15, -0.1) is 0 Å². The molecule has 0 spiro atoms. The van der Waals surface area contributed by atoms with Gasteiger partial charge in [0.15, 0.2) is 0 Å². The van der Waals surface area contributed by atoms with E-state index in [1.165, 1.54) is 0 Å². The van der Waals surface area contributed by atoms with Gasteiger partial charge in [0.1, 0.15) is 0 Å². The maximum Gasteiger partial charge on any atom is 0.251 e. The zero-order valence-corrected chi connectivity index (χ0v) is 11.6. The second kappa shape index (κ2) is 6.61. The van der Waals surface area contributed by atoms with Crippen LogP contribution >= 0.6 is 15.9 Å². The smallest absolute Gasteiger partial charge is 0.251 e. The van der Waals surface area contributed by atoms with Crippen LogP contribution in [-0.4, -0.2) is 25.2 Å². The highest BCUT2D eigenvalue weighted by Crippen LogP contribution is 2.17. The Balaban J connectivity index is 2.47. The van der Waals surface area contributed by atoms with E-state index in [4.69, 9.17) is 10.5 Å². The molecule has 0 unspecified atom stereocenters. The van der Waals surface area contributed by atoms with Crippen molar-refractivity contribution in [2.45, 2.75) is 20.0 Å². The number of hydrogen-bond acceptors (Lipinski definition) is 3. The number of nitrogen functional groups attached to an aromatic ring is 1. The van der Waals surface area contributed by atoms with Crippen molar-refractivity contribution < 1.29 is 9.53 Å². The van der Waals surface area contributed by atoms with Gasteiger partial charge >= 0.3 is 0 Å². The summed E-state index contributed by atoms with van der Waals surface area (Å²) in [6, 6.07) is 5.12. The first kappa shape index (κ1) is 14.0. The molecule has 0 fully saturated rings. The van der Waals surface area contributed by atoms with Crippen LogP contribution in [0, 0.1) is 0 Å². The lowest BCUT2D eigenvalue weighted by molar-refractivity contribution is 0.0746. The van der Waals surface area contributed by atoms with E-state index in [9.17, 15) is 4.79 Å². The highest BCUT2D eigenvalue weighted by Gasteiger charge is 2.06. The van der Waals surface area contributed by atoms with Gasteiger partial charge < -0.3 is 15.8 Å². The normalized spacial score (nSPS) is 10.6. The topological polar surface area (TPSA) is 64.3 Å². The van der Waals surface area contributed by atoms with Crippen LogP contribution in [0.4, 0.5) is 5.69 Å². The number of ether oxygens (including phenoxy) is 1. The fraction of sp³-hybridized carbons (Fsp3) is 0.417. The number of benzene rings is 1. The lowest BCUT2D eigenvalue weighted by Crippen LogP contribution is -2.28. The molecule has 0 aromatic heterocycles. The Kier molecular flexibility index (Phi) is 5.44. The van der Waals surface area contributed by atoms with E-state index in [1.807, 2.05) is 13.8 Å². The van der Waals surface area contributed by atoms with E-state index in [1.54, 1.807) is 18.2 Å². The SMILES string of the molecule is CC(C)OCCNC(=O)c1cc(N)cc(Br)c1. The number of hydrogen-bond donors (Lipinski definition) is 2. The molecule has 0 radical (unpaired) electrons. The van der Waals surface area contributed by atoms with Crippen LogP contribution in [-0.2, 0) is 4.74 Å². The maximum absolute atomic E-state index is 11.8. The van der Waals surface area contributed by atoms with E-state index in [-0.39, 0.29) is 12.0 Å². The Morgan fingerprint density at radius 3 is 2.76 bits per heavy atom. The highest BCUT2D eigenvalue weighted by molar-refractivity contribution is 9.10. The van der Waals surface area contributed by atoms with Crippen molar-refractivity contribution in [1.29, 1.82) is 0 Å². The van der Waals surface area contributed by atoms with Crippen LogP contribution in [0.5, 0.6) is 0 Å². The number of nitrogens with two attached hydrogens (primary N) is 1. The second-order valence-corrected chi connectivity index (χ2v) is 4.86. The largest absolute Gasteiger partial charge is 0.399 e. The van der Waals surface area contributed by atoms with Crippen LogP contribution < -0.4 is 11.1 Å². The molecule has 1 rings (SSSR count).